The number of methoxy groups -OCH3 is 1. The van der Waals surface area contributed by atoms with Crippen molar-refractivity contribution in [3.8, 4) is 11.5 Å². The van der Waals surface area contributed by atoms with Gasteiger partial charge in [-0.25, -0.2) is 0 Å². The highest BCUT2D eigenvalue weighted by molar-refractivity contribution is 5.92. The van der Waals surface area contributed by atoms with Crippen molar-refractivity contribution in [3.05, 3.63) is 54.6 Å². The van der Waals surface area contributed by atoms with Crippen LogP contribution in [0, 0.1) is 0 Å². The Morgan fingerprint density at radius 2 is 1.56 bits per heavy atom. The highest BCUT2D eigenvalue weighted by atomic mass is 16.6. The van der Waals surface area contributed by atoms with Crippen LogP contribution >= 0.6 is 0 Å². The molecule has 0 fully saturated rings. The van der Waals surface area contributed by atoms with E-state index in [4.69, 9.17) is 14.2 Å². The third kappa shape index (κ3) is 7.05. The van der Waals surface area contributed by atoms with Crippen LogP contribution in [0.15, 0.2) is 54.6 Å². The summed E-state index contributed by atoms with van der Waals surface area (Å²) in [5.41, 5.74) is 0.637. The molecule has 0 unspecified atom stereocenters. The fraction of sp³-hybridized carbons (Fsp3) is 0.263. The van der Waals surface area contributed by atoms with Gasteiger partial charge in [0.2, 0.25) is 5.91 Å². The first-order valence-corrected chi connectivity index (χ1v) is 7.95. The molecule has 0 radical (unpaired) electrons. The van der Waals surface area contributed by atoms with E-state index < -0.39 is 5.97 Å². The molecule has 2 aromatic carbocycles. The number of para-hydroxylation sites is 1. The molecule has 1 N–H and O–H groups in total. The number of amides is 1. The second-order valence-electron chi connectivity index (χ2n) is 5.20. The number of nitrogens with one attached hydrogen (secondary N) is 1. The molecule has 0 saturated heterocycles. The van der Waals surface area contributed by atoms with Gasteiger partial charge in [0.15, 0.2) is 0 Å². The minimum atomic E-state index is -0.418. The number of carbonyl (C=O) groups is 2. The van der Waals surface area contributed by atoms with Crippen LogP contribution in [0.3, 0.4) is 0 Å². The van der Waals surface area contributed by atoms with Crippen LogP contribution in [0.5, 0.6) is 11.5 Å². The van der Waals surface area contributed by atoms with Crippen LogP contribution in [0.25, 0.3) is 0 Å². The largest absolute Gasteiger partial charge is 0.463 e. The minimum absolute atomic E-state index is 0.0325. The summed E-state index contributed by atoms with van der Waals surface area (Å²) >= 11 is 0. The van der Waals surface area contributed by atoms with Gasteiger partial charge in [0.25, 0.3) is 0 Å². The van der Waals surface area contributed by atoms with Crippen molar-refractivity contribution in [2.75, 3.05) is 25.6 Å². The molecule has 6 nitrogen and oxygen atoms in total. The Hall–Kier alpha value is -2.86. The van der Waals surface area contributed by atoms with Crippen molar-refractivity contribution in [2.24, 2.45) is 0 Å². The average molecular weight is 343 g/mol. The lowest BCUT2D eigenvalue weighted by atomic mass is 10.2. The van der Waals surface area contributed by atoms with E-state index in [1.165, 1.54) is 7.11 Å². The number of benzene rings is 2. The maximum absolute atomic E-state index is 11.8. The van der Waals surface area contributed by atoms with Crippen molar-refractivity contribution < 1.29 is 23.8 Å². The average Bonchev–Trinajstić information content (AvgIpc) is 2.63. The van der Waals surface area contributed by atoms with Gasteiger partial charge in [-0.05, 0) is 36.4 Å². The number of anilines is 1. The lowest BCUT2D eigenvalue weighted by molar-refractivity contribution is -0.145. The Bertz CT molecular complexity index is 670. The van der Waals surface area contributed by atoms with E-state index in [-0.39, 0.29) is 25.4 Å². The zero-order valence-electron chi connectivity index (χ0n) is 14.1. The summed E-state index contributed by atoms with van der Waals surface area (Å²) in [6.45, 7) is 0.537. The van der Waals surface area contributed by atoms with Gasteiger partial charge in [0.05, 0.1) is 13.0 Å². The fourth-order valence-corrected chi connectivity index (χ4v) is 1.98. The standard InChI is InChI=1S/C19H21NO5/c1-23-13-14-24-19(22)12-11-18(21)20-15-7-9-17(10-8-15)25-16-5-3-2-4-6-16/h2-10H,11-14H2,1H3,(H,20,21). The molecule has 0 aromatic heterocycles. The predicted octanol–water partition coefficient (Wildman–Crippen LogP) is 3.39. The Labute approximate surface area is 146 Å². The SMILES string of the molecule is COCCOC(=O)CCC(=O)Nc1ccc(Oc2ccccc2)cc1. The summed E-state index contributed by atoms with van der Waals surface area (Å²) in [5, 5.41) is 2.73. The van der Waals surface area contributed by atoms with Crippen molar-refractivity contribution in [1.29, 1.82) is 0 Å². The van der Waals surface area contributed by atoms with Crippen molar-refractivity contribution >= 4 is 17.6 Å². The molecule has 0 spiro atoms. The first-order chi connectivity index (χ1) is 12.2. The Morgan fingerprint density at radius 3 is 2.24 bits per heavy atom. The van der Waals surface area contributed by atoms with Crippen molar-refractivity contribution in [2.45, 2.75) is 12.8 Å². The monoisotopic (exact) mass is 343 g/mol. The zero-order chi connectivity index (χ0) is 17.9. The summed E-state index contributed by atoms with van der Waals surface area (Å²) in [6, 6.07) is 16.4. The molecule has 0 aliphatic heterocycles. The van der Waals surface area contributed by atoms with Gasteiger partial charge in [-0.3, -0.25) is 9.59 Å². The van der Waals surface area contributed by atoms with Gasteiger partial charge in [-0.15, -0.1) is 0 Å². The maximum Gasteiger partial charge on any atom is 0.306 e. The molecule has 132 valence electrons. The molecule has 2 aromatic rings. The van der Waals surface area contributed by atoms with Gasteiger partial charge < -0.3 is 19.5 Å². The molecule has 1 amide bonds. The first kappa shape index (κ1) is 18.5. The number of hydrogen-bond acceptors (Lipinski definition) is 5. The van der Waals surface area contributed by atoms with E-state index >= 15 is 0 Å². The number of esters is 1. The van der Waals surface area contributed by atoms with E-state index in [9.17, 15) is 9.59 Å². The summed E-state index contributed by atoms with van der Waals surface area (Å²) < 4.78 is 15.4. The highest BCUT2D eigenvalue weighted by Crippen LogP contribution is 2.22. The van der Waals surface area contributed by atoms with Crippen LogP contribution in [0.4, 0.5) is 5.69 Å². The topological polar surface area (TPSA) is 73.9 Å². The molecular weight excluding hydrogens is 322 g/mol. The van der Waals surface area contributed by atoms with Crippen LogP contribution in [-0.4, -0.2) is 32.2 Å². The van der Waals surface area contributed by atoms with Gasteiger partial charge >= 0.3 is 5.97 Å². The molecule has 0 aliphatic rings. The van der Waals surface area contributed by atoms with E-state index in [1.54, 1.807) is 24.3 Å². The van der Waals surface area contributed by atoms with Crippen LogP contribution in [-0.2, 0) is 19.1 Å². The van der Waals surface area contributed by atoms with Gasteiger partial charge in [0, 0.05) is 19.2 Å². The second-order valence-corrected chi connectivity index (χ2v) is 5.20. The lowest BCUT2D eigenvalue weighted by Crippen LogP contribution is -2.15. The fourth-order valence-electron chi connectivity index (χ4n) is 1.98. The summed E-state index contributed by atoms with van der Waals surface area (Å²) in [4.78, 5) is 23.3. The lowest BCUT2D eigenvalue weighted by Gasteiger charge is -2.08. The van der Waals surface area contributed by atoms with Crippen LogP contribution in [0.1, 0.15) is 12.8 Å². The van der Waals surface area contributed by atoms with E-state index in [0.717, 1.165) is 5.75 Å². The second kappa shape index (κ2) is 10.1. The van der Waals surface area contributed by atoms with Crippen LogP contribution in [0.2, 0.25) is 0 Å². The van der Waals surface area contributed by atoms with Gasteiger partial charge in [-0.2, -0.15) is 0 Å². The van der Waals surface area contributed by atoms with E-state index in [1.807, 2.05) is 30.3 Å². The third-order valence-electron chi connectivity index (χ3n) is 3.22. The number of rotatable bonds is 9. The molecule has 0 heterocycles. The maximum atomic E-state index is 11.8. The smallest absolute Gasteiger partial charge is 0.306 e. The van der Waals surface area contributed by atoms with Crippen molar-refractivity contribution in [1.82, 2.24) is 0 Å². The molecule has 0 aliphatic carbocycles. The van der Waals surface area contributed by atoms with Crippen molar-refractivity contribution in [3.63, 3.8) is 0 Å². The summed E-state index contributed by atoms with van der Waals surface area (Å²) in [6.07, 6.45) is 0.0961. The summed E-state index contributed by atoms with van der Waals surface area (Å²) in [7, 11) is 1.53. The Balaban J connectivity index is 1.74. The Kier molecular flexibility index (Phi) is 7.46. The molecule has 0 atom stereocenters. The molecule has 2 rings (SSSR count). The number of carbonyl (C=O) groups excluding carboxylic acids is 2. The van der Waals surface area contributed by atoms with Crippen LogP contribution < -0.4 is 10.1 Å². The van der Waals surface area contributed by atoms with Gasteiger partial charge in [0.1, 0.15) is 18.1 Å². The number of ether oxygens (including phenoxy) is 3. The zero-order valence-corrected chi connectivity index (χ0v) is 14.1. The number of hydrogen-bond donors (Lipinski definition) is 1. The Morgan fingerprint density at radius 1 is 0.880 bits per heavy atom. The molecule has 0 saturated carbocycles. The summed E-state index contributed by atoms with van der Waals surface area (Å²) in [5.74, 6) is 0.747. The molecule has 6 heteroatoms. The molecule has 25 heavy (non-hydrogen) atoms. The molecular formula is C19H21NO5. The molecule has 0 bridgehead atoms. The first-order valence-electron chi connectivity index (χ1n) is 7.95. The highest BCUT2D eigenvalue weighted by Gasteiger charge is 2.08. The van der Waals surface area contributed by atoms with E-state index in [2.05, 4.69) is 5.32 Å². The normalized spacial score (nSPS) is 10.1. The minimum Gasteiger partial charge on any atom is -0.463 e. The van der Waals surface area contributed by atoms with E-state index in [0.29, 0.717) is 18.0 Å². The van der Waals surface area contributed by atoms with Gasteiger partial charge in [-0.1, -0.05) is 18.2 Å². The predicted molar refractivity (Wildman–Crippen MR) is 93.7 cm³/mol. The third-order valence-corrected chi connectivity index (χ3v) is 3.22. The quantitative estimate of drug-likeness (QED) is 0.558.